The Morgan fingerprint density at radius 1 is 1.11 bits per heavy atom. The second-order valence-electron chi connectivity index (χ2n) is 3.89. The number of hydrogen-bond donors (Lipinski definition) is 0. The fourth-order valence-electron chi connectivity index (χ4n) is 1.61. The number of aromatic nitrogens is 1. The minimum Gasteiger partial charge on any atom is -0.292 e. The summed E-state index contributed by atoms with van der Waals surface area (Å²) in [5.41, 5.74) is 1.49. The fourth-order valence-corrected chi connectivity index (χ4v) is 1.93. The van der Waals surface area contributed by atoms with E-state index in [1.807, 2.05) is 6.07 Å². The molecular formula is C14H11Cl2NO. The number of benzene rings is 1. The number of nitrogens with zero attached hydrogens (tertiary/aromatic N) is 1. The predicted octanol–water partition coefficient (Wildman–Crippen LogP) is 4.20. The van der Waals surface area contributed by atoms with Gasteiger partial charge in [0.2, 0.25) is 0 Å². The smallest absolute Gasteiger partial charge is 0.181 e. The molecule has 1 heterocycles. The molecule has 0 fully saturated rings. The third-order valence-corrected chi connectivity index (χ3v) is 3.31. The molecule has 1 aromatic carbocycles. The molecular weight excluding hydrogens is 269 g/mol. The van der Waals surface area contributed by atoms with Crippen LogP contribution >= 0.6 is 23.2 Å². The van der Waals surface area contributed by atoms with Crippen molar-refractivity contribution < 1.29 is 4.79 Å². The molecule has 92 valence electrons. The summed E-state index contributed by atoms with van der Waals surface area (Å²) in [6.45, 7) is 0. The summed E-state index contributed by atoms with van der Waals surface area (Å²) < 4.78 is 0. The van der Waals surface area contributed by atoms with E-state index in [1.54, 1.807) is 36.5 Å². The van der Waals surface area contributed by atoms with Crippen LogP contribution in [0.5, 0.6) is 0 Å². The molecule has 0 aliphatic heterocycles. The van der Waals surface area contributed by atoms with Gasteiger partial charge in [0.25, 0.3) is 0 Å². The molecule has 0 saturated carbocycles. The molecule has 0 bridgehead atoms. The predicted molar refractivity (Wildman–Crippen MR) is 73.4 cm³/mol. The Labute approximate surface area is 116 Å². The van der Waals surface area contributed by atoms with Gasteiger partial charge in [-0.15, -0.1) is 0 Å². The van der Waals surface area contributed by atoms with Gasteiger partial charge in [-0.05, 0) is 36.2 Å². The van der Waals surface area contributed by atoms with Gasteiger partial charge < -0.3 is 0 Å². The van der Waals surface area contributed by atoms with Crippen LogP contribution in [0.2, 0.25) is 10.0 Å². The molecule has 1 aromatic heterocycles. The molecule has 0 aliphatic carbocycles. The summed E-state index contributed by atoms with van der Waals surface area (Å²) in [5, 5.41) is 1.04. The lowest BCUT2D eigenvalue weighted by atomic mass is 10.1. The molecule has 0 aliphatic rings. The number of carbonyl (C=O) groups excluding carboxylic acids is 1. The van der Waals surface area contributed by atoms with Gasteiger partial charge in [-0.1, -0.05) is 35.3 Å². The highest BCUT2D eigenvalue weighted by molar-refractivity contribution is 6.42. The normalized spacial score (nSPS) is 10.3. The van der Waals surface area contributed by atoms with Gasteiger partial charge in [0.05, 0.1) is 10.0 Å². The van der Waals surface area contributed by atoms with E-state index < -0.39 is 0 Å². The van der Waals surface area contributed by atoms with Crippen LogP contribution in [0.15, 0.2) is 42.6 Å². The Balaban J connectivity index is 1.99. The number of Topliss-reactive ketones (excluding diaryl/α,β-unsaturated/α-hetero) is 1. The summed E-state index contributed by atoms with van der Waals surface area (Å²) in [4.78, 5) is 15.9. The topological polar surface area (TPSA) is 30.0 Å². The van der Waals surface area contributed by atoms with Crippen LogP contribution in [0.1, 0.15) is 22.5 Å². The van der Waals surface area contributed by atoms with Crippen molar-refractivity contribution in [2.45, 2.75) is 12.8 Å². The zero-order chi connectivity index (χ0) is 13.0. The molecule has 0 radical (unpaired) electrons. The van der Waals surface area contributed by atoms with E-state index in [2.05, 4.69) is 4.98 Å². The number of pyridine rings is 1. The minimum atomic E-state index is 0.0293. The summed E-state index contributed by atoms with van der Waals surface area (Å²) in [7, 11) is 0. The van der Waals surface area contributed by atoms with E-state index in [0.717, 1.165) is 5.56 Å². The van der Waals surface area contributed by atoms with Crippen LogP contribution in [0.25, 0.3) is 0 Å². The van der Waals surface area contributed by atoms with Crippen LogP contribution in [0, 0.1) is 0 Å². The fraction of sp³-hybridized carbons (Fsp3) is 0.143. The number of rotatable bonds is 4. The van der Waals surface area contributed by atoms with Crippen molar-refractivity contribution in [2.24, 2.45) is 0 Å². The van der Waals surface area contributed by atoms with E-state index in [4.69, 9.17) is 23.2 Å². The van der Waals surface area contributed by atoms with Crippen LogP contribution in [0.4, 0.5) is 0 Å². The minimum absolute atomic E-state index is 0.0293. The summed E-state index contributed by atoms with van der Waals surface area (Å²) in [6, 6.07) is 10.7. The Morgan fingerprint density at radius 2 is 1.94 bits per heavy atom. The van der Waals surface area contributed by atoms with Crippen molar-refractivity contribution in [3.05, 3.63) is 63.9 Å². The van der Waals surface area contributed by atoms with E-state index in [0.29, 0.717) is 28.6 Å². The van der Waals surface area contributed by atoms with Gasteiger partial charge in [0.15, 0.2) is 5.78 Å². The lowest BCUT2D eigenvalue weighted by Crippen LogP contribution is -2.03. The van der Waals surface area contributed by atoms with Crippen molar-refractivity contribution in [1.82, 2.24) is 4.98 Å². The Bertz CT molecular complexity index is 555. The lowest BCUT2D eigenvalue weighted by molar-refractivity contribution is 0.0978. The first-order valence-electron chi connectivity index (χ1n) is 5.55. The largest absolute Gasteiger partial charge is 0.292 e. The van der Waals surface area contributed by atoms with Crippen molar-refractivity contribution in [3.8, 4) is 0 Å². The second-order valence-corrected chi connectivity index (χ2v) is 4.70. The van der Waals surface area contributed by atoms with Crippen molar-refractivity contribution in [3.63, 3.8) is 0 Å². The summed E-state index contributed by atoms with van der Waals surface area (Å²) >= 11 is 11.7. The summed E-state index contributed by atoms with van der Waals surface area (Å²) in [5.74, 6) is 0.0293. The monoisotopic (exact) mass is 279 g/mol. The third-order valence-electron chi connectivity index (χ3n) is 2.58. The molecule has 0 amide bonds. The molecule has 0 saturated heterocycles. The molecule has 0 spiro atoms. The number of halogens is 2. The van der Waals surface area contributed by atoms with Gasteiger partial charge in [-0.2, -0.15) is 0 Å². The van der Waals surface area contributed by atoms with E-state index in [-0.39, 0.29) is 5.78 Å². The lowest BCUT2D eigenvalue weighted by Gasteiger charge is -2.03. The first kappa shape index (κ1) is 13.1. The number of aryl methyl sites for hydroxylation is 1. The Hall–Kier alpha value is -1.38. The number of ketones is 1. The molecule has 0 unspecified atom stereocenters. The van der Waals surface area contributed by atoms with E-state index in [1.165, 1.54) is 0 Å². The molecule has 0 atom stereocenters. The first-order valence-corrected chi connectivity index (χ1v) is 6.30. The molecule has 0 N–H and O–H groups in total. The van der Waals surface area contributed by atoms with E-state index >= 15 is 0 Å². The highest BCUT2D eigenvalue weighted by Crippen LogP contribution is 2.23. The molecule has 4 heteroatoms. The maximum Gasteiger partial charge on any atom is 0.181 e. The van der Waals surface area contributed by atoms with Crippen molar-refractivity contribution in [2.75, 3.05) is 0 Å². The molecule has 18 heavy (non-hydrogen) atoms. The maximum atomic E-state index is 11.8. The average molecular weight is 280 g/mol. The van der Waals surface area contributed by atoms with Crippen LogP contribution in [-0.2, 0) is 6.42 Å². The van der Waals surface area contributed by atoms with Crippen molar-refractivity contribution >= 4 is 29.0 Å². The second kappa shape index (κ2) is 5.98. The standard InChI is InChI=1S/C14H11Cl2NO/c15-11-6-4-10(9-12(11)16)5-7-14(18)13-3-1-2-8-17-13/h1-4,6,8-9H,5,7H2. The zero-order valence-electron chi connectivity index (χ0n) is 9.57. The van der Waals surface area contributed by atoms with E-state index in [9.17, 15) is 4.79 Å². The van der Waals surface area contributed by atoms with Crippen LogP contribution < -0.4 is 0 Å². The van der Waals surface area contributed by atoms with Gasteiger partial charge in [-0.25, -0.2) is 0 Å². The van der Waals surface area contributed by atoms with Gasteiger partial charge >= 0.3 is 0 Å². The highest BCUT2D eigenvalue weighted by Gasteiger charge is 2.07. The summed E-state index contributed by atoms with van der Waals surface area (Å²) in [6.07, 6.45) is 2.66. The van der Waals surface area contributed by atoms with Gasteiger partial charge in [0, 0.05) is 12.6 Å². The van der Waals surface area contributed by atoms with Crippen LogP contribution in [0.3, 0.4) is 0 Å². The maximum absolute atomic E-state index is 11.8. The first-order chi connectivity index (χ1) is 8.66. The van der Waals surface area contributed by atoms with Crippen LogP contribution in [-0.4, -0.2) is 10.8 Å². The number of hydrogen-bond acceptors (Lipinski definition) is 2. The Morgan fingerprint density at radius 3 is 2.61 bits per heavy atom. The molecule has 2 aromatic rings. The number of carbonyl (C=O) groups is 1. The quantitative estimate of drug-likeness (QED) is 0.785. The van der Waals surface area contributed by atoms with Crippen molar-refractivity contribution in [1.29, 1.82) is 0 Å². The Kier molecular flexibility index (Phi) is 4.34. The average Bonchev–Trinajstić information content (AvgIpc) is 2.41. The van der Waals surface area contributed by atoms with Gasteiger partial charge in [0.1, 0.15) is 5.69 Å². The SMILES string of the molecule is O=C(CCc1ccc(Cl)c(Cl)c1)c1ccccn1. The molecule has 2 rings (SSSR count). The van der Waals surface area contributed by atoms with Gasteiger partial charge in [-0.3, -0.25) is 9.78 Å². The molecule has 2 nitrogen and oxygen atoms in total. The highest BCUT2D eigenvalue weighted by atomic mass is 35.5. The third kappa shape index (κ3) is 3.31. The zero-order valence-corrected chi connectivity index (χ0v) is 11.1.